The van der Waals surface area contributed by atoms with E-state index in [9.17, 15) is 0 Å². The zero-order valence-corrected chi connectivity index (χ0v) is 18.3. The van der Waals surface area contributed by atoms with Crippen LogP contribution in [0.3, 0.4) is 0 Å². The molecule has 27 heavy (non-hydrogen) atoms. The van der Waals surface area contributed by atoms with E-state index in [1.54, 1.807) is 0 Å². The molecule has 0 aromatic heterocycles. The summed E-state index contributed by atoms with van der Waals surface area (Å²) in [5.74, 6) is 0.894. The lowest BCUT2D eigenvalue weighted by Gasteiger charge is -2.43. The molecule has 2 saturated heterocycles. The summed E-state index contributed by atoms with van der Waals surface area (Å²) in [6, 6.07) is 8.96. The lowest BCUT2D eigenvalue weighted by atomic mass is 9.88. The van der Waals surface area contributed by atoms with Crippen molar-refractivity contribution in [3.63, 3.8) is 0 Å². The highest BCUT2D eigenvalue weighted by atomic mass is 79.9. The second kappa shape index (κ2) is 9.26. The number of hydrogen-bond donors (Lipinski definition) is 2. The summed E-state index contributed by atoms with van der Waals surface area (Å²) < 4.78 is 6.69. The van der Waals surface area contributed by atoms with E-state index in [1.807, 2.05) is 7.05 Å². The number of anilines is 1. The van der Waals surface area contributed by atoms with Gasteiger partial charge in [-0.25, -0.2) is 0 Å². The molecular formula is C20H32BrN5O. The fourth-order valence-electron chi connectivity index (χ4n) is 3.93. The van der Waals surface area contributed by atoms with Gasteiger partial charge >= 0.3 is 0 Å². The van der Waals surface area contributed by atoms with Crippen LogP contribution in [-0.2, 0) is 4.74 Å². The SMILES string of the molecule is CN=C(NCC1(N(C)C)CCOCC1)NC1CCN(c2ccc(Br)cc2)C1. The number of benzene rings is 1. The molecule has 2 N–H and O–H groups in total. The van der Waals surface area contributed by atoms with Crippen LogP contribution in [0.2, 0.25) is 0 Å². The molecule has 0 amide bonds. The molecular weight excluding hydrogens is 406 g/mol. The average molecular weight is 438 g/mol. The maximum atomic E-state index is 5.57. The molecule has 2 heterocycles. The van der Waals surface area contributed by atoms with E-state index in [1.165, 1.54) is 5.69 Å². The van der Waals surface area contributed by atoms with Gasteiger partial charge in [0, 0.05) is 61.6 Å². The lowest BCUT2D eigenvalue weighted by molar-refractivity contribution is -0.00502. The van der Waals surface area contributed by atoms with Crippen LogP contribution >= 0.6 is 15.9 Å². The molecule has 3 rings (SSSR count). The Morgan fingerprint density at radius 1 is 1.30 bits per heavy atom. The Balaban J connectivity index is 1.52. The van der Waals surface area contributed by atoms with Crippen molar-refractivity contribution < 1.29 is 4.74 Å². The van der Waals surface area contributed by atoms with Crippen molar-refractivity contribution in [2.75, 3.05) is 58.9 Å². The minimum Gasteiger partial charge on any atom is -0.381 e. The van der Waals surface area contributed by atoms with Gasteiger partial charge in [0.25, 0.3) is 0 Å². The molecule has 0 radical (unpaired) electrons. The standard InChI is InChI=1S/C20H32BrN5O/c1-22-19(23-15-20(25(2)3)9-12-27-13-10-20)24-17-8-11-26(14-17)18-6-4-16(21)5-7-18/h4-7,17H,8-15H2,1-3H3,(H2,22,23,24). The molecule has 0 bridgehead atoms. The van der Waals surface area contributed by atoms with Gasteiger partial charge in [0.15, 0.2) is 5.96 Å². The maximum Gasteiger partial charge on any atom is 0.191 e. The minimum atomic E-state index is 0.134. The molecule has 6 nitrogen and oxygen atoms in total. The van der Waals surface area contributed by atoms with Crippen LogP contribution < -0.4 is 15.5 Å². The van der Waals surface area contributed by atoms with Crippen LogP contribution in [0.1, 0.15) is 19.3 Å². The summed E-state index contributed by atoms with van der Waals surface area (Å²) in [4.78, 5) is 9.22. The van der Waals surface area contributed by atoms with Crippen LogP contribution in [0.5, 0.6) is 0 Å². The van der Waals surface area contributed by atoms with Crippen molar-refractivity contribution in [2.24, 2.45) is 4.99 Å². The van der Waals surface area contributed by atoms with E-state index in [0.717, 1.165) is 62.5 Å². The Morgan fingerprint density at radius 2 is 2.00 bits per heavy atom. The molecule has 0 saturated carbocycles. The first-order valence-electron chi connectivity index (χ1n) is 9.75. The third-order valence-corrected chi connectivity index (χ3v) is 6.43. The zero-order chi connectivity index (χ0) is 19.3. The van der Waals surface area contributed by atoms with Crippen LogP contribution in [0.4, 0.5) is 5.69 Å². The van der Waals surface area contributed by atoms with Gasteiger partial charge < -0.3 is 25.2 Å². The van der Waals surface area contributed by atoms with Crippen LogP contribution in [0.15, 0.2) is 33.7 Å². The predicted octanol–water partition coefficient (Wildman–Crippen LogP) is 2.30. The molecule has 2 aliphatic heterocycles. The van der Waals surface area contributed by atoms with E-state index in [-0.39, 0.29) is 5.54 Å². The average Bonchev–Trinajstić information content (AvgIpc) is 3.15. The first kappa shape index (κ1) is 20.4. The largest absolute Gasteiger partial charge is 0.381 e. The molecule has 150 valence electrons. The smallest absolute Gasteiger partial charge is 0.191 e. The fourth-order valence-corrected chi connectivity index (χ4v) is 4.20. The predicted molar refractivity (Wildman–Crippen MR) is 116 cm³/mol. The number of nitrogens with one attached hydrogen (secondary N) is 2. The van der Waals surface area contributed by atoms with Crippen molar-refractivity contribution in [1.82, 2.24) is 15.5 Å². The van der Waals surface area contributed by atoms with Gasteiger partial charge in [0.2, 0.25) is 0 Å². The number of ether oxygens (including phenoxy) is 1. The minimum absolute atomic E-state index is 0.134. The first-order valence-corrected chi connectivity index (χ1v) is 10.5. The third-order valence-electron chi connectivity index (χ3n) is 5.90. The van der Waals surface area contributed by atoms with Crippen molar-refractivity contribution in [2.45, 2.75) is 30.8 Å². The van der Waals surface area contributed by atoms with E-state index in [4.69, 9.17) is 4.74 Å². The van der Waals surface area contributed by atoms with Gasteiger partial charge in [-0.1, -0.05) is 15.9 Å². The topological polar surface area (TPSA) is 52.1 Å². The molecule has 2 fully saturated rings. The Hall–Kier alpha value is -1.31. The number of rotatable bonds is 5. The van der Waals surface area contributed by atoms with E-state index >= 15 is 0 Å². The summed E-state index contributed by atoms with van der Waals surface area (Å²) in [5.41, 5.74) is 1.41. The molecule has 2 aliphatic rings. The summed E-state index contributed by atoms with van der Waals surface area (Å²) >= 11 is 3.51. The number of nitrogens with zero attached hydrogens (tertiary/aromatic N) is 3. The molecule has 0 aliphatic carbocycles. The summed E-state index contributed by atoms with van der Waals surface area (Å²) in [6.07, 6.45) is 3.21. The molecule has 0 spiro atoms. The number of guanidine groups is 1. The highest BCUT2D eigenvalue weighted by molar-refractivity contribution is 9.10. The Bertz CT molecular complexity index is 628. The van der Waals surface area contributed by atoms with Crippen LogP contribution in [0.25, 0.3) is 0 Å². The maximum absolute atomic E-state index is 5.57. The van der Waals surface area contributed by atoms with Gasteiger partial charge in [-0.15, -0.1) is 0 Å². The zero-order valence-electron chi connectivity index (χ0n) is 16.7. The van der Waals surface area contributed by atoms with Gasteiger partial charge in [0.05, 0.1) is 0 Å². The van der Waals surface area contributed by atoms with Gasteiger partial charge in [-0.3, -0.25) is 4.99 Å². The van der Waals surface area contributed by atoms with Gasteiger partial charge in [-0.05, 0) is 57.6 Å². The van der Waals surface area contributed by atoms with E-state index in [2.05, 4.69) is 79.7 Å². The normalized spacial score (nSPS) is 22.9. The second-order valence-corrected chi connectivity index (χ2v) is 8.62. The lowest BCUT2D eigenvalue weighted by Crippen LogP contribution is -2.57. The van der Waals surface area contributed by atoms with Crippen molar-refractivity contribution in [3.05, 3.63) is 28.7 Å². The highest BCUT2D eigenvalue weighted by Crippen LogP contribution is 2.25. The Labute approximate surface area is 171 Å². The summed E-state index contributed by atoms with van der Waals surface area (Å²) in [6.45, 7) is 4.60. The van der Waals surface area contributed by atoms with Crippen molar-refractivity contribution >= 4 is 27.6 Å². The van der Waals surface area contributed by atoms with E-state index < -0.39 is 0 Å². The fraction of sp³-hybridized carbons (Fsp3) is 0.650. The number of hydrogen-bond acceptors (Lipinski definition) is 4. The third kappa shape index (κ3) is 5.15. The second-order valence-electron chi connectivity index (χ2n) is 7.71. The summed E-state index contributed by atoms with van der Waals surface area (Å²) in [7, 11) is 6.18. The van der Waals surface area contributed by atoms with Gasteiger partial charge in [0.1, 0.15) is 0 Å². The Kier molecular flexibility index (Phi) is 7.00. The van der Waals surface area contributed by atoms with E-state index in [0.29, 0.717) is 6.04 Å². The first-order chi connectivity index (χ1) is 13.0. The molecule has 1 atom stereocenters. The summed E-state index contributed by atoms with van der Waals surface area (Å²) in [5, 5.41) is 7.18. The van der Waals surface area contributed by atoms with Crippen LogP contribution in [0, 0.1) is 0 Å². The number of aliphatic imine (C=N–C) groups is 1. The number of halogens is 1. The van der Waals surface area contributed by atoms with Gasteiger partial charge in [-0.2, -0.15) is 0 Å². The molecule has 7 heteroatoms. The molecule has 1 aromatic carbocycles. The Morgan fingerprint density at radius 3 is 2.63 bits per heavy atom. The molecule has 1 aromatic rings. The van der Waals surface area contributed by atoms with Crippen molar-refractivity contribution in [3.8, 4) is 0 Å². The highest BCUT2D eigenvalue weighted by Gasteiger charge is 2.35. The van der Waals surface area contributed by atoms with Crippen LogP contribution in [-0.4, -0.2) is 76.4 Å². The number of likely N-dealkylation sites (N-methyl/N-ethyl adjacent to an activating group) is 1. The quantitative estimate of drug-likeness (QED) is 0.546. The monoisotopic (exact) mass is 437 g/mol. The molecule has 1 unspecified atom stereocenters. The van der Waals surface area contributed by atoms with Crippen molar-refractivity contribution in [1.29, 1.82) is 0 Å².